The third kappa shape index (κ3) is 2.95. The van der Waals surface area contributed by atoms with E-state index in [2.05, 4.69) is 21.2 Å². The van der Waals surface area contributed by atoms with Crippen molar-refractivity contribution in [3.63, 3.8) is 0 Å². The van der Waals surface area contributed by atoms with Crippen LogP contribution in [0.15, 0.2) is 28.7 Å². The van der Waals surface area contributed by atoms with E-state index in [1.165, 1.54) is 44.9 Å². The standard InChI is InChI=1S/C18H23BrN2O/c19-13-6-4-12(5-7-13)18(22)20-14-10-16-2-1-3-17(11-14)21(16)15-8-9-15/h4-7,14-17H,1-3,8-11H2,(H,20,22)/p+1/t14?,16-,17+. The summed E-state index contributed by atoms with van der Waals surface area (Å²) in [5.41, 5.74) is 0.769. The predicted octanol–water partition coefficient (Wildman–Crippen LogP) is 2.31. The number of halogens is 1. The summed E-state index contributed by atoms with van der Waals surface area (Å²) in [6.45, 7) is 0. The highest BCUT2D eigenvalue weighted by Crippen LogP contribution is 2.27. The molecule has 2 N–H and O–H groups in total. The number of rotatable bonds is 3. The molecule has 118 valence electrons. The molecule has 4 atom stereocenters. The summed E-state index contributed by atoms with van der Waals surface area (Å²) >= 11 is 3.42. The molecular formula is C18H24BrN2O+. The predicted molar refractivity (Wildman–Crippen MR) is 90.0 cm³/mol. The number of piperidine rings is 2. The molecule has 2 bridgehead atoms. The minimum absolute atomic E-state index is 0.0884. The summed E-state index contributed by atoms with van der Waals surface area (Å²) in [6.07, 6.45) is 9.30. The maximum atomic E-state index is 12.4. The van der Waals surface area contributed by atoms with Crippen molar-refractivity contribution in [2.75, 3.05) is 0 Å². The fourth-order valence-corrected chi connectivity index (χ4v) is 4.90. The number of benzene rings is 1. The summed E-state index contributed by atoms with van der Waals surface area (Å²) in [5, 5.41) is 3.30. The molecule has 1 aromatic rings. The maximum Gasteiger partial charge on any atom is 0.251 e. The lowest BCUT2D eigenvalue weighted by Crippen LogP contribution is -3.22. The average molecular weight is 364 g/mol. The van der Waals surface area contributed by atoms with Crippen molar-refractivity contribution in [1.82, 2.24) is 5.32 Å². The Balaban J connectivity index is 1.41. The Morgan fingerprint density at radius 3 is 2.23 bits per heavy atom. The molecule has 1 amide bonds. The molecule has 3 fully saturated rings. The molecule has 2 aliphatic heterocycles. The molecule has 22 heavy (non-hydrogen) atoms. The molecule has 0 spiro atoms. The fraction of sp³-hybridized carbons (Fsp3) is 0.611. The summed E-state index contributed by atoms with van der Waals surface area (Å²) in [7, 11) is 0. The van der Waals surface area contributed by atoms with E-state index in [0.717, 1.165) is 28.2 Å². The molecule has 3 aliphatic rings. The van der Waals surface area contributed by atoms with Gasteiger partial charge in [0.2, 0.25) is 0 Å². The number of nitrogens with one attached hydrogen (secondary N) is 2. The summed E-state index contributed by atoms with van der Waals surface area (Å²) in [4.78, 5) is 14.3. The van der Waals surface area contributed by atoms with Gasteiger partial charge in [0, 0.05) is 41.8 Å². The first-order chi connectivity index (χ1) is 10.7. The lowest BCUT2D eigenvalue weighted by molar-refractivity contribution is -0.971. The maximum absolute atomic E-state index is 12.4. The molecule has 1 aromatic carbocycles. The van der Waals surface area contributed by atoms with Crippen molar-refractivity contribution in [3.8, 4) is 0 Å². The van der Waals surface area contributed by atoms with Crippen LogP contribution in [0.25, 0.3) is 0 Å². The van der Waals surface area contributed by atoms with Crippen LogP contribution >= 0.6 is 15.9 Å². The van der Waals surface area contributed by atoms with Gasteiger partial charge in [-0.25, -0.2) is 0 Å². The van der Waals surface area contributed by atoms with Crippen LogP contribution in [0, 0.1) is 0 Å². The summed E-state index contributed by atoms with van der Waals surface area (Å²) < 4.78 is 1.01. The minimum atomic E-state index is 0.0884. The van der Waals surface area contributed by atoms with Crippen LogP contribution in [-0.4, -0.2) is 30.1 Å². The molecule has 2 heterocycles. The zero-order valence-corrected chi connectivity index (χ0v) is 14.4. The van der Waals surface area contributed by atoms with Crippen LogP contribution in [0.2, 0.25) is 0 Å². The molecule has 3 nitrogen and oxygen atoms in total. The van der Waals surface area contributed by atoms with Crippen molar-refractivity contribution >= 4 is 21.8 Å². The first-order valence-electron chi connectivity index (χ1n) is 8.64. The van der Waals surface area contributed by atoms with Gasteiger partial charge in [-0.1, -0.05) is 15.9 Å². The number of hydrogen-bond acceptors (Lipinski definition) is 1. The topological polar surface area (TPSA) is 33.5 Å². The van der Waals surface area contributed by atoms with Gasteiger partial charge < -0.3 is 10.2 Å². The second-order valence-corrected chi connectivity index (χ2v) is 8.16. The van der Waals surface area contributed by atoms with E-state index < -0.39 is 0 Å². The Kier molecular flexibility index (Phi) is 3.99. The third-order valence-electron chi connectivity index (χ3n) is 5.68. The van der Waals surface area contributed by atoms with Gasteiger partial charge in [0.25, 0.3) is 5.91 Å². The van der Waals surface area contributed by atoms with E-state index in [-0.39, 0.29) is 5.91 Å². The lowest BCUT2D eigenvalue weighted by Gasteiger charge is -2.46. The van der Waals surface area contributed by atoms with Crippen LogP contribution in [0.4, 0.5) is 0 Å². The van der Waals surface area contributed by atoms with Gasteiger partial charge in [-0.2, -0.15) is 0 Å². The first-order valence-corrected chi connectivity index (χ1v) is 9.43. The van der Waals surface area contributed by atoms with Gasteiger partial charge in [-0.15, -0.1) is 0 Å². The molecule has 4 heteroatoms. The summed E-state index contributed by atoms with van der Waals surface area (Å²) in [5.74, 6) is 0.0884. The van der Waals surface area contributed by atoms with Crippen LogP contribution in [0.5, 0.6) is 0 Å². The van der Waals surface area contributed by atoms with E-state index in [0.29, 0.717) is 6.04 Å². The average Bonchev–Trinajstić information content (AvgIpc) is 3.31. The molecular weight excluding hydrogens is 340 g/mol. The van der Waals surface area contributed by atoms with Crippen LogP contribution < -0.4 is 10.2 Å². The molecule has 1 aliphatic carbocycles. The van der Waals surface area contributed by atoms with Crippen LogP contribution in [0.3, 0.4) is 0 Å². The zero-order valence-electron chi connectivity index (χ0n) is 12.9. The van der Waals surface area contributed by atoms with Crippen molar-refractivity contribution < 1.29 is 9.69 Å². The van der Waals surface area contributed by atoms with Crippen molar-refractivity contribution in [1.29, 1.82) is 0 Å². The summed E-state index contributed by atoms with van der Waals surface area (Å²) in [6, 6.07) is 10.5. The Morgan fingerprint density at radius 2 is 1.64 bits per heavy atom. The SMILES string of the molecule is O=C(NC1C[C@H]2CCC[C@@H](C1)[NH+]2C1CC1)c1ccc(Br)cc1. The molecule has 4 rings (SSSR count). The van der Waals surface area contributed by atoms with Gasteiger partial charge in [-0.3, -0.25) is 4.79 Å². The van der Waals surface area contributed by atoms with E-state index in [1.54, 1.807) is 0 Å². The van der Waals surface area contributed by atoms with Gasteiger partial charge in [0.05, 0.1) is 18.1 Å². The minimum Gasteiger partial charge on any atom is -0.349 e. The zero-order chi connectivity index (χ0) is 15.1. The number of carbonyl (C=O) groups is 1. The molecule has 2 saturated heterocycles. The Labute approximate surface area is 140 Å². The van der Waals surface area contributed by atoms with Crippen LogP contribution in [0.1, 0.15) is 55.3 Å². The number of fused-ring (bicyclic) bond motifs is 2. The number of hydrogen-bond donors (Lipinski definition) is 2. The third-order valence-corrected chi connectivity index (χ3v) is 6.21. The molecule has 1 saturated carbocycles. The lowest BCUT2D eigenvalue weighted by atomic mass is 9.81. The highest BCUT2D eigenvalue weighted by molar-refractivity contribution is 9.10. The Hall–Kier alpha value is -0.870. The van der Waals surface area contributed by atoms with E-state index in [9.17, 15) is 4.79 Å². The second-order valence-electron chi connectivity index (χ2n) is 7.25. The van der Waals surface area contributed by atoms with E-state index in [1.807, 2.05) is 29.2 Å². The van der Waals surface area contributed by atoms with Gasteiger partial charge in [0.15, 0.2) is 0 Å². The highest BCUT2D eigenvalue weighted by atomic mass is 79.9. The molecule has 2 unspecified atom stereocenters. The second kappa shape index (κ2) is 5.97. The van der Waals surface area contributed by atoms with E-state index >= 15 is 0 Å². The number of carbonyl (C=O) groups excluding carboxylic acids is 1. The van der Waals surface area contributed by atoms with Gasteiger partial charge >= 0.3 is 0 Å². The number of quaternary nitrogens is 1. The van der Waals surface area contributed by atoms with E-state index in [4.69, 9.17) is 0 Å². The largest absolute Gasteiger partial charge is 0.349 e. The van der Waals surface area contributed by atoms with Crippen molar-refractivity contribution in [2.45, 2.75) is 69.1 Å². The quantitative estimate of drug-likeness (QED) is 0.848. The van der Waals surface area contributed by atoms with Gasteiger partial charge in [0.1, 0.15) is 0 Å². The Bertz CT molecular complexity index is 541. The van der Waals surface area contributed by atoms with Crippen LogP contribution in [-0.2, 0) is 0 Å². The monoisotopic (exact) mass is 363 g/mol. The van der Waals surface area contributed by atoms with Crippen molar-refractivity contribution in [2.24, 2.45) is 0 Å². The highest BCUT2D eigenvalue weighted by Gasteiger charge is 2.48. The normalized spacial score (nSPS) is 34.2. The molecule has 0 radical (unpaired) electrons. The fourth-order valence-electron chi connectivity index (χ4n) is 4.64. The van der Waals surface area contributed by atoms with Gasteiger partial charge in [-0.05, 0) is 43.5 Å². The number of amides is 1. The smallest absolute Gasteiger partial charge is 0.251 e. The first kappa shape index (κ1) is 14.7. The Morgan fingerprint density at radius 1 is 1.00 bits per heavy atom. The molecule has 0 aromatic heterocycles. The van der Waals surface area contributed by atoms with Crippen molar-refractivity contribution in [3.05, 3.63) is 34.3 Å².